The Morgan fingerprint density at radius 3 is 2.17 bits per heavy atom. The van der Waals surface area contributed by atoms with E-state index in [9.17, 15) is 30.6 Å². The first-order valence-electron chi connectivity index (χ1n) is 9.38. The first-order chi connectivity index (χ1) is 13.7. The molecule has 2 aromatic rings. The Labute approximate surface area is 174 Å². The maximum atomic E-state index is 11.3. The first-order valence-corrected chi connectivity index (χ1v) is 9.75. The first kappa shape index (κ1) is 21.8. The second-order valence-corrected chi connectivity index (χ2v) is 7.75. The number of hydrogen-bond acceptors (Lipinski definition) is 6. The van der Waals surface area contributed by atoms with E-state index in [4.69, 9.17) is 11.6 Å². The highest BCUT2D eigenvalue weighted by molar-refractivity contribution is 6.49. The van der Waals surface area contributed by atoms with Crippen molar-refractivity contribution < 1.29 is 30.6 Å². The Morgan fingerprint density at radius 1 is 1.07 bits per heavy atom. The number of halogens is 1. The summed E-state index contributed by atoms with van der Waals surface area (Å²) in [6.45, 7) is 1.13. The minimum Gasteiger partial charge on any atom is -0.508 e. The Kier molecular flexibility index (Phi) is 6.06. The molecule has 156 valence electrons. The molecule has 2 aromatic carbocycles. The van der Waals surface area contributed by atoms with Crippen LogP contribution in [0.4, 0.5) is 0 Å². The molecule has 3 rings (SSSR count). The van der Waals surface area contributed by atoms with Gasteiger partial charge in [-0.25, -0.2) is 0 Å². The van der Waals surface area contributed by atoms with Crippen LogP contribution in [0.3, 0.4) is 0 Å². The molecular weight excluding hydrogens is 396 g/mol. The van der Waals surface area contributed by atoms with E-state index in [2.05, 4.69) is 0 Å². The van der Waals surface area contributed by atoms with Crippen LogP contribution < -0.4 is 0 Å². The van der Waals surface area contributed by atoms with Crippen molar-refractivity contribution in [1.29, 1.82) is 0 Å². The molecule has 7 heteroatoms. The second-order valence-electron chi connectivity index (χ2n) is 7.37. The van der Waals surface area contributed by atoms with Gasteiger partial charge in [0, 0.05) is 0 Å². The molecule has 0 amide bonds. The highest BCUT2D eigenvalue weighted by Gasteiger charge is 2.75. The van der Waals surface area contributed by atoms with Gasteiger partial charge in [0.05, 0.1) is 17.6 Å². The maximum Gasteiger partial charge on any atom is 0.161 e. The fourth-order valence-electron chi connectivity index (χ4n) is 4.08. The SMILES string of the molecule is CCc1ccc(C2[C@@](O)([C@H](O)CO)[C@H](O)[C@@]2(O)C(O)=C(Cl)c2ccccc2)cc1. The molecule has 0 radical (unpaired) electrons. The number of benzene rings is 2. The van der Waals surface area contributed by atoms with E-state index in [0.29, 0.717) is 11.1 Å². The topological polar surface area (TPSA) is 121 Å². The average Bonchev–Trinajstić information content (AvgIpc) is 2.77. The minimum absolute atomic E-state index is 0.192. The van der Waals surface area contributed by atoms with Crippen LogP contribution in [0.25, 0.3) is 5.03 Å². The number of aliphatic hydroxyl groups is 6. The molecule has 1 aliphatic carbocycles. The maximum absolute atomic E-state index is 11.3. The lowest BCUT2D eigenvalue weighted by Crippen LogP contribution is -2.80. The van der Waals surface area contributed by atoms with Gasteiger partial charge in [-0.2, -0.15) is 0 Å². The van der Waals surface area contributed by atoms with Gasteiger partial charge in [-0.1, -0.05) is 73.1 Å². The van der Waals surface area contributed by atoms with Crippen LogP contribution in [0.2, 0.25) is 0 Å². The average molecular weight is 421 g/mol. The van der Waals surface area contributed by atoms with Crippen molar-refractivity contribution in [3.8, 4) is 0 Å². The smallest absolute Gasteiger partial charge is 0.161 e. The van der Waals surface area contributed by atoms with Crippen LogP contribution in [0.15, 0.2) is 60.4 Å². The van der Waals surface area contributed by atoms with Gasteiger partial charge < -0.3 is 30.6 Å². The van der Waals surface area contributed by atoms with Gasteiger partial charge in [-0.15, -0.1) is 0 Å². The summed E-state index contributed by atoms with van der Waals surface area (Å²) >= 11 is 6.29. The molecule has 0 heterocycles. The lowest BCUT2D eigenvalue weighted by atomic mass is 9.50. The molecule has 1 saturated carbocycles. The summed E-state index contributed by atoms with van der Waals surface area (Å²) in [5, 5.41) is 63.2. The zero-order valence-electron chi connectivity index (χ0n) is 15.9. The van der Waals surface area contributed by atoms with Crippen LogP contribution in [-0.4, -0.2) is 60.7 Å². The van der Waals surface area contributed by atoms with E-state index >= 15 is 0 Å². The molecule has 29 heavy (non-hydrogen) atoms. The van der Waals surface area contributed by atoms with E-state index in [1.54, 1.807) is 54.6 Å². The summed E-state index contributed by atoms with van der Waals surface area (Å²) in [4.78, 5) is 0. The molecule has 0 bridgehead atoms. The third-order valence-corrected chi connectivity index (χ3v) is 6.20. The monoisotopic (exact) mass is 420 g/mol. The van der Waals surface area contributed by atoms with E-state index in [1.165, 1.54) is 0 Å². The zero-order chi connectivity index (χ0) is 21.4. The van der Waals surface area contributed by atoms with E-state index in [1.807, 2.05) is 6.92 Å². The summed E-state index contributed by atoms with van der Waals surface area (Å²) in [6, 6.07) is 15.2. The van der Waals surface area contributed by atoms with Gasteiger partial charge in [0.15, 0.2) is 5.60 Å². The van der Waals surface area contributed by atoms with E-state index in [-0.39, 0.29) is 5.03 Å². The standard InChI is InChI=1S/C22H25ClO6/c1-2-13-8-10-15(11-9-13)18-21(28,16(25)12-24)20(27)22(18,29)19(26)17(23)14-6-4-3-5-7-14/h3-11,16,18,20,24-29H,2,12H2,1H3/t16-,18?,20+,21+,22+/m1/s1. The lowest BCUT2D eigenvalue weighted by molar-refractivity contribution is -0.313. The molecule has 6 N–H and O–H groups in total. The molecule has 1 fully saturated rings. The van der Waals surface area contributed by atoms with Gasteiger partial charge in [0.2, 0.25) is 0 Å². The summed E-state index contributed by atoms with van der Waals surface area (Å²) < 4.78 is 0. The molecule has 0 spiro atoms. The molecular formula is C22H25ClO6. The van der Waals surface area contributed by atoms with Crippen molar-refractivity contribution in [3.05, 3.63) is 77.0 Å². The van der Waals surface area contributed by atoms with Gasteiger partial charge >= 0.3 is 0 Å². The zero-order valence-corrected chi connectivity index (χ0v) is 16.7. The van der Waals surface area contributed by atoms with Crippen molar-refractivity contribution in [1.82, 2.24) is 0 Å². The normalized spacial score (nSPS) is 31.0. The van der Waals surface area contributed by atoms with Crippen molar-refractivity contribution in [2.75, 3.05) is 6.61 Å². The fraction of sp³-hybridized carbons (Fsp3) is 0.364. The number of rotatable bonds is 6. The van der Waals surface area contributed by atoms with Gasteiger partial charge in [-0.05, 0) is 23.1 Å². The quantitative estimate of drug-likeness (QED) is 0.395. The summed E-state index contributed by atoms with van der Waals surface area (Å²) in [6.07, 6.45) is -2.98. The predicted octanol–water partition coefficient (Wildman–Crippen LogP) is 1.69. The Balaban J connectivity index is 2.14. The van der Waals surface area contributed by atoms with Crippen LogP contribution in [0, 0.1) is 0 Å². The lowest BCUT2D eigenvalue weighted by Gasteiger charge is -2.62. The Hall–Kier alpha value is -1.93. The van der Waals surface area contributed by atoms with Crippen LogP contribution in [0.5, 0.6) is 0 Å². The van der Waals surface area contributed by atoms with Crippen molar-refractivity contribution in [2.45, 2.75) is 42.7 Å². The van der Waals surface area contributed by atoms with Crippen LogP contribution in [0.1, 0.15) is 29.5 Å². The molecule has 1 aliphatic rings. The van der Waals surface area contributed by atoms with Crippen LogP contribution in [-0.2, 0) is 6.42 Å². The van der Waals surface area contributed by atoms with E-state index in [0.717, 1.165) is 12.0 Å². The summed E-state index contributed by atoms with van der Waals surface area (Å²) in [7, 11) is 0. The van der Waals surface area contributed by atoms with Crippen molar-refractivity contribution in [2.24, 2.45) is 0 Å². The molecule has 0 saturated heterocycles. The van der Waals surface area contributed by atoms with Gasteiger partial charge in [0.25, 0.3) is 0 Å². The number of aryl methyl sites for hydroxylation is 1. The van der Waals surface area contributed by atoms with Crippen molar-refractivity contribution in [3.63, 3.8) is 0 Å². The van der Waals surface area contributed by atoms with Gasteiger partial charge in [-0.3, -0.25) is 0 Å². The summed E-state index contributed by atoms with van der Waals surface area (Å²) in [5.41, 5.74) is -2.88. The number of hydrogen-bond donors (Lipinski definition) is 6. The molecule has 5 atom stereocenters. The molecule has 6 nitrogen and oxygen atoms in total. The van der Waals surface area contributed by atoms with Crippen molar-refractivity contribution >= 4 is 16.6 Å². The molecule has 1 unspecified atom stereocenters. The number of aliphatic hydroxyl groups excluding tert-OH is 4. The minimum atomic E-state index is -2.37. The second kappa shape index (κ2) is 8.07. The summed E-state index contributed by atoms with van der Waals surface area (Å²) in [5.74, 6) is -2.06. The van der Waals surface area contributed by atoms with E-state index < -0.39 is 41.7 Å². The fourth-order valence-corrected chi connectivity index (χ4v) is 4.35. The highest BCUT2D eigenvalue weighted by Crippen LogP contribution is 2.59. The third kappa shape index (κ3) is 3.26. The highest BCUT2D eigenvalue weighted by atomic mass is 35.5. The predicted molar refractivity (Wildman–Crippen MR) is 109 cm³/mol. The third-order valence-electron chi connectivity index (χ3n) is 5.80. The Bertz CT molecular complexity index is 884. The largest absolute Gasteiger partial charge is 0.508 e. The van der Waals surface area contributed by atoms with Gasteiger partial charge in [0.1, 0.15) is 23.6 Å². The Morgan fingerprint density at radius 2 is 1.66 bits per heavy atom. The van der Waals surface area contributed by atoms with Crippen LogP contribution >= 0.6 is 11.6 Å². The molecule has 0 aliphatic heterocycles. The molecule has 0 aromatic heterocycles.